The van der Waals surface area contributed by atoms with E-state index in [1.165, 1.54) is 109 Å². The fraction of sp³-hybridized carbons (Fsp3) is 0.0690. The van der Waals surface area contributed by atoms with E-state index in [9.17, 15) is 0 Å². The summed E-state index contributed by atoms with van der Waals surface area (Å²) in [6, 6.07) is 75.4. The van der Waals surface area contributed by atoms with Crippen molar-refractivity contribution in [2.45, 2.75) is 24.7 Å². The van der Waals surface area contributed by atoms with Crippen molar-refractivity contribution in [1.29, 1.82) is 0 Å². The zero-order valence-electron chi connectivity index (χ0n) is 33.4. The normalized spacial score (nSPS) is 14.4. The fourth-order valence-electron chi connectivity index (χ4n) is 11.5. The molecule has 0 saturated heterocycles. The number of para-hydroxylation sites is 1. The summed E-state index contributed by atoms with van der Waals surface area (Å²) in [7, 11) is 0. The third kappa shape index (κ3) is 4.31. The van der Waals surface area contributed by atoms with E-state index in [0.29, 0.717) is 0 Å². The van der Waals surface area contributed by atoms with Crippen LogP contribution in [0.15, 0.2) is 200 Å². The van der Waals surface area contributed by atoms with Crippen molar-refractivity contribution < 1.29 is 0 Å². The summed E-state index contributed by atoms with van der Waals surface area (Å²) in [5.74, 6) is 0. The van der Waals surface area contributed by atoms with Gasteiger partial charge >= 0.3 is 0 Å². The van der Waals surface area contributed by atoms with Crippen LogP contribution in [0.3, 0.4) is 0 Å². The number of fused-ring (bicyclic) bond motifs is 16. The zero-order chi connectivity index (χ0) is 39.7. The Morgan fingerprint density at radius 2 is 0.833 bits per heavy atom. The van der Waals surface area contributed by atoms with Crippen LogP contribution in [-0.2, 0) is 10.8 Å². The molecule has 0 unspecified atom stereocenters. The van der Waals surface area contributed by atoms with Crippen LogP contribution in [0.2, 0.25) is 0 Å². The monoisotopic (exact) mass is 781 g/mol. The minimum absolute atomic E-state index is 0.166. The number of anilines is 3. The molecule has 0 bridgehead atoms. The molecule has 3 aliphatic carbocycles. The topological polar surface area (TPSA) is 3.24 Å². The van der Waals surface area contributed by atoms with Crippen LogP contribution in [0.25, 0.3) is 64.7 Å². The Labute approximate surface area is 354 Å². The lowest BCUT2D eigenvalue weighted by atomic mass is 9.70. The Balaban J connectivity index is 1.12. The molecule has 1 spiro atoms. The molecule has 0 amide bonds. The first kappa shape index (κ1) is 33.9. The third-order valence-corrected chi connectivity index (χ3v) is 15.1. The fourth-order valence-corrected chi connectivity index (χ4v) is 12.7. The molecule has 0 saturated carbocycles. The number of thiophene rings is 1. The Kier molecular flexibility index (Phi) is 6.94. The van der Waals surface area contributed by atoms with E-state index < -0.39 is 5.41 Å². The SMILES string of the molecule is CC1(C)c2ccccc2-c2cccc(-c3ccccc3N(c3ccc4c(c3)C3(c5ccccc5-c5ccccc53)c3ccccc3-4)c3cccc4c3sc3ccccc34)c21. The molecule has 1 aromatic heterocycles. The van der Waals surface area contributed by atoms with Crippen molar-refractivity contribution in [3.63, 3.8) is 0 Å². The highest BCUT2D eigenvalue weighted by atomic mass is 32.1. The van der Waals surface area contributed by atoms with E-state index in [4.69, 9.17) is 0 Å². The molecule has 9 aromatic carbocycles. The van der Waals surface area contributed by atoms with Crippen LogP contribution >= 0.6 is 11.3 Å². The predicted molar refractivity (Wildman–Crippen MR) is 253 cm³/mol. The summed E-state index contributed by atoms with van der Waals surface area (Å²) in [4.78, 5) is 2.57. The second kappa shape index (κ2) is 12.3. The van der Waals surface area contributed by atoms with Crippen LogP contribution in [0.4, 0.5) is 17.1 Å². The second-order valence-corrected chi connectivity index (χ2v) is 18.2. The largest absolute Gasteiger partial charge is 0.308 e. The summed E-state index contributed by atoms with van der Waals surface area (Å²) in [6.07, 6.45) is 0. The lowest BCUT2D eigenvalue weighted by Gasteiger charge is -2.33. The van der Waals surface area contributed by atoms with E-state index >= 15 is 0 Å². The van der Waals surface area contributed by atoms with Gasteiger partial charge < -0.3 is 4.90 Å². The summed E-state index contributed by atoms with van der Waals surface area (Å²) < 4.78 is 2.59. The molecule has 13 rings (SSSR count). The molecule has 3 aliphatic rings. The zero-order valence-corrected chi connectivity index (χ0v) is 34.2. The molecule has 2 heteroatoms. The molecule has 60 heavy (non-hydrogen) atoms. The molecule has 282 valence electrons. The summed E-state index contributed by atoms with van der Waals surface area (Å²) in [6.45, 7) is 4.79. The van der Waals surface area contributed by atoms with Gasteiger partial charge in [0.15, 0.2) is 0 Å². The highest BCUT2D eigenvalue weighted by Crippen LogP contribution is 2.64. The maximum atomic E-state index is 2.57. The molecular formula is C58H39NS. The molecular weight excluding hydrogens is 743 g/mol. The Hall–Kier alpha value is -7.00. The van der Waals surface area contributed by atoms with Crippen molar-refractivity contribution in [1.82, 2.24) is 0 Å². The van der Waals surface area contributed by atoms with Gasteiger partial charge in [0.1, 0.15) is 0 Å². The quantitative estimate of drug-likeness (QED) is 0.172. The smallest absolute Gasteiger partial charge is 0.0726 e. The summed E-state index contributed by atoms with van der Waals surface area (Å²) in [5, 5.41) is 2.59. The van der Waals surface area contributed by atoms with Gasteiger partial charge in [-0.25, -0.2) is 0 Å². The molecule has 0 N–H and O–H groups in total. The standard InChI is InChI=1S/C58H39NS/c1-57(2)47-26-9-3-20-40(47)44-23-15-24-45(55(44)57)42-21-7-13-30-52(42)59(53-31-16-25-46-43-22-8-14-32-54(43)60-56(46)53)36-33-34-41-39-19-6-12-29-50(39)58(51(41)35-36)48-27-10-4-17-37(48)38-18-5-11-28-49(38)58/h3-35H,1-2H3. The maximum Gasteiger partial charge on any atom is 0.0726 e. The van der Waals surface area contributed by atoms with Crippen molar-refractivity contribution in [2.75, 3.05) is 4.90 Å². The first-order chi connectivity index (χ1) is 29.5. The maximum absolute atomic E-state index is 2.57. The molecule has 1 nitrogen and oxygen atoms in total. The van der Waals surface area contributed by atoms with Gasteiger partial charge in [-0.3, -0.25) is 0 Å². The lowest BCUT2D eigenvalue weighted by molar-refractivity contribution is 0.662. The van der Waals surface area contributed by atoms with E-state index in [0.717, 1.165) is 5.69 Å². The predicted octanol–water partition coefficient (Wildman–Crippen LogP) is 15.8. The first-order valence-corrected chi connectivity index (χ1v) is 21.8. The Bertz CT molecular complexity index is 3370. The Morgan fingerprint density at radius 3 is 1.52 bits per heavy atom. The number of hydrogen-bond acceptors (Lipinski definition) is 2. The molecule has 10 aromatic rings. The van der Waals surface area contributed by atoms with Crippen LogP contribution in [0, 0.1) is 0 Å². The van der Waals surface area contributed by atoms with Gasteiger partial charge in [0.2, 0.25) is 0 Å². The van der Waals surface area contributed by atoms with Crippen LogP contribution < -0.4 is 4.90 Å². The number of nitrogens with zero attached hydrogens (tertiary/aromatic N) is 1. The van der Waals surface area contributed by atoms with Crippen molar-refractivity contribution >= 4 is 48.6 Å². The highest BCUT2D eigenvalue weighted by molar-refractivity contribution is 7.26. The van der Waals surface area contributed by atoms with Crippen molar-refractivity contribution in [3.05, 3.63) is 234 Å². The van der Waals surface area contributed by atoms with Gasteiger partial charge in [0.25, 0.3) is 0 Å². The number of benzene rings is 9. The van der Waals surface area contributed by atoms with Crippen LogP contribution in [-0.4, -0.2) is 0 Å². The van der Waals surface area contributed by atoms with Crippen LogP contribution in [0.1, 0.15) is 47.2 Å². The minimum Gasteiger partial charge on any atom is -0.308 e. The molecule has 0 atom stereocenters. The van der Waals surface area contributed by atoms with Gasteiger partial charge in [0.05, 0.1) is 21.5 Å². The lowest BCUT2D eigenvalue weighted by Crippen LogP contribution is -2.26. The third-order valence-electron chi connectivity index (χ3n) is 13.9. The summed E-state index contributed by atoms with van der Waals surface area (Å²) >= 11 is 1.89. The Morgan fingerprint density at radius 1 is 0.367 bits per heavy atom. The number of hydrogen-bond donors (Lipinski definition) is 0. The highest BCUT2D eigenvalue weighted by Gasteiger charge is 2.51. The van der Waals surface area contributed by atoms with Crippen molar-refractivity contribution in [2.24, 2.45) is 0 Å². The van der Waals surface area contributed by atoms with Crippen molar-refractivity contribution in [3.8, 4) is 44.5 Å². The van der Waals surface area contributed by atoms with E-state index in [1.807, 2.05) is 11.3 Å². The van der Waals surface area contributed by atoms with Gasteiger partial charge in [-0.05, 0) is 103 Å². The molecule has 0 aliphatic heterocycles. The van der Waals surface area contributed by atoms with Gasteiger partial charge in [-0.2, -0.15) is 0 Å². The minimum atomic E-state index is -0.444. The summed E-state index contributed by atoms with van der Waals surface area (Å²) in [5.41, 5.74) is 21.5. The van der Waals surface area contributed by atoms with E-state index in [-0.39, 0.29) is 5.41 Å². The first-order valence-electron chi connectivity index (χ1n) is 21.0. The van der Waals surface area contributed by atoms with E-state index in [1.54, 1.807) is 0 Å². The van der Waals surface area contributed by atoms with E-state index in [2.05, 4.69) is 219 Å². The molecule has 0 radical (unpaired) electrons. The van der Waals surface area contributed by atoms with Gasteiger partial charge in [-0.15, -0.1) is 11.3 Å². The van der Waals surface area contributed by atoms with Crippen LogP contribution in [0.5, 0.6) is 0 Å². The number of rotatable bonds is 4. The average Bonchev–Trinajstić information content (AvgIpc) is 3.99. The van der Waals surface area contributed by atoms with Gasteiger partial charge in [0, 0.05) is 32.1 Å². The second-order valence-electron chi connectivity index (χ2n) is 17.1. The van der Waals surface area contributed by atoms with Gasteiger partial charge in [-0.1, -0.05) is 184 Å². The molecule has 1 heterocycles. The molecule has 0 fully saturated rings. The average molecular weight is 782 g/mol.